The van der Waals surface area contributed by atoms with Crippen LogP contribution < -0.4 is 14.9 Å². The van der Waals surface area contributed by atoms with Gasteiger partial charge >= 0.3 is 0 Å². The van der Waals surface area contributed by atoms with Crippen LogP contribution in [0.5, 0.6) is 0 Å². The van der Waals surface area contributed by atoms with E-state index < -0.39 is 10.0 Å². The number of rotatable bonds is 9. The van der Waals surface area contributed by atoms with Gasteiger partial charge in [0.25, 0.3) is 0 Å². The maximum Gasteiger partial charge on any atom is 0.240 e. The molecule has 0 bridgehead atoms. The van der Waals surface area contributed by atoms with Crippen molar-refractivity contribution >= 4 is 27.3 Å². The number of para-hydroxylation sites is 1. The summed E-state index contributed by atoms with van der Waals surface area (Å²) in [5.74, 6) is -0.314. The van der Waals surface area contributed by atoms with Crippen LogP contribution in [0.1, 0.15) is 19.8 Å². The molecule has 0 radical (unpaired) electrons. The van der Waals surface area contributed by atoms with Crippen molar-refractivity contribution in [1.29, 1.82) is 0 Å². The zero-order chi connectivity index (χ0) is 22.3. The molecule has 2 aromatic rings. The average Bonchev–Trinajstić information content (AvgIpc) is 2.75. The smallest absolute Gasteiger partial charge is 0.240 e. The lowest BCUT2D eigenvalue weighted by molar-refractivity contribution is -0.116. The zero-order valence-corrected chi connectivity index (χ0v) is 18.5. The number of carbonyl (C=O) groups excluding carboxylic acids is 1. The van der Waals surface area contributed by atoms with E-state index in [0.717, 1.165) is 19.5 Å². The minimum atomic E-state index is -3.63. The Bertz CT molecular complexity index is 975. The molecule has 2 N–H and O–H groups in total. The molecule has 0 saturated carbocycles. The molecule has 1 aliphatic heterocycles. The van der Waals surface area contributed by atoms with Crippen molar-refractivity contribution < 1.29 is 17.6 Å². The van der Waals surface area contributed by atoms with E-state index in [1.807, 2.05) is 17.9 Å². The van der Waals surface area contributed by atoms with Crippen molar-refractivity contribution in [1.82, 2.24) is 9.62 Å². The lowest BCUT2D eigenvalue weighted by atomic mass is 10.2. The monoisotopic (exact) mass is 448 g/mol. The first-order chi connectivity index (χ1) is 14.9. The third kappa shape index (κ3) is 6.49. The molecule has 1 heterocycles. The predicted molar refractivity (Wildman–Crippen MR) is 120 cm³/mol. The van der Waals surface area contributed by atoms with E-state index in [1.165, 1.54) is 18.2 Å². The van der Waals surface area contributed by atoms with Crippen molar-refractivity contribution in [3.8, 4) is 0 Å². The summed E-state index contributed by atoms with van der Waals surface area (Å²) in [6, 6.07) is 12.9. The van der Waals surface area contributed by atoms with Crippen molar-refractivity contribution in [3.05, 3.63) is 54.3 Å². The third-order valence-corrected chi connectivity index (χ3v) is 6.69. The van der Waals surface area contributed by atoms with Gasteiger partial charge in [-0.15, -0.1) is 0 Å². The van der Waals surface area contributed by atoms with E-state index >= 15 is 0 Å². The second kappa shape index (κ2) is 10.7. The molecule has 1 amide bonds. The summed E-state index contributed by atoms with van der Waals surface area (Å²) in [5.41, 5.74) is 1.18. The summed E-state index contributed by atoms with van der Waals surface area (Å²) in [4.78, 5) is 16.0. The molecule has 31 heavy (non-hydrogen) atoms. The second-order valence-electron chi connectivity index (χ2n) is 7.50. The van der Waals surface area contributed by atoms with Crippen LogP contribution in [-0.4, -0.2) is 58.5 Å². The van der Waals surface area contributed by atoms with Gasteiger partial charge in [-0.1, -0.05) is 19.1 Å². The number of halogens is 1. The highest BCUT2D eigenvalue weighted by atomic mass is 32.2. The molecule has 3 rings (SSSR count). The summed E-state index contributed by atoms with van der Waals surface area (Å²) in [5, 5.41) is 2.74. The number of carbonyl (C=O) groups is 1. The first kappa shape index (κ1) is 23.2. The molecule has 0 aromatic heterocycles. The summed E-state index contributed by atoms with van der Waals surface area (Å²) in [6.45, 7) is 5.65. The highest BCUT2D eigenvalue weighted by Crippen LogP contribution is 2.20. The van der Waals surface area contributed by atoms with Gasteiger partial charge in [-0.2, -0.15) is 0 Å². The van der Waals surface area contributed by atoms with Crippen LogP contribution in [-0.2, 0) is 14.8 Å². The fourth-order valence-electron chi connectivity index (χ4n) is 3.51. The number of hydrogen-bond donors (Lipinski definition) is 2. The topological polar surface area (TPSA) is 81.7 Å². The van der Waals surface area contributed by atoms with Gasteiger partial charge in [0.1, 0.15) is 5.82 Å². The number of benzene rings is 2. The van der Waals surface area contributed by atoms with Gasteiger partial charge in [-0.25, -0.2) is 17.5 Å². The molecule has 0 spiro atoms. The van der Waals surface area contributed by atoms with Crippen molar-refractivity contribution in [2.75, 3.05) is 49.5 Å². The average molecular weight is 449 g/mol. The summed E-state index contributed by atoms with van der Waals surface area (Å²) >= 11 is 0. The van der Waals surface area contributed by atoms with E-state index in [0.29, 0.717) is 37.4 Å². The molecule has 1 fully saturated rings. The first-order valence-electron chi connectivity index (χ1n) is 10.5. The van der Waals surface area contributed by atoms with E-state index in [9.17, 15) is 17.6 Å². The van der Waals surface area contributed by atoms with Gasteiger partial charge in [-0.05, 0) is 42.8 Å². The molecule has 2 aromatic carbocycles. The summed E-state index contributed by atoms with van der Waals surface area (Å²) in [6.07, 6.45) is 1.18. The molecular formula is C22H29FN4O3S. The number of piperazine rings is 1. The molecule has 7 nitrogen and oxygen atoms in total. The Hall–Kier alpha value is -2.49. The minimum absolute atomic E-state index is 0.0914. The van der Waals surface area contributed by atoms with Gasteiger partial charge < -0.3 is 10.2 Å². The van der Waals surface area contributed by atoms with Crippen LogP contribution >= 0.6 is 0 Å². The minimum Gasteiger partial charge on any atom is -0.367 e. The molecule has 0 unspecified atom stereocenters. The van der Waals surface area contributed by atoms with Gasteiger partial charge in [0.2, 0.25) is 15.9 Å². The SMILES string of the molecule is CCCC(=O)Nc1ccc(S(=O)(=O)NCCN2CCN(c3ccccc3F)CC2)cc1. The fourth-order valence-corrected chi connectivity index (χ4v) is 4.53. The standard InChI is InChI=1S/C22H29FN4O3S/c1-2-5-22(28)25-18-8-10-19(11-9-18)31(29,30)24-12-13-26-14-16-27(17-15-26)21-7-4-3-6-20(21)23/h3-4,6-11,24H,2,5,12-17H2,1H3,(H,25,28). The number of nitrogens with one attached hydrogen (secondary N) is 2. The lowest BCUT2D eigenvalue weighted by Crippen LogP contribution is -2.48. The molecule has 0 aliphatic carbocycles. The lowest BCUT2D eigenvalue weighted by Gasteiger charge is -2.36. The van der Waals surface area contributed by atoms with E-state index in [1.54, 1.807) is 24.3 Å². The van der Waals surface area contributed by atoms with Crippen LogP contribution in [0.2, 0.25) is 0 Å². The predicted octanol–water partition coefficient (Wildman–Crippen LogP) is 2.66. The Labute approximate surface area is 183 Å². The molecule has 9 heteroatoms. The molecular weight excluding hydrogens is 419 g/mol. The van der Waals surface area contributed by atoms with Gasteiger partial charge in [0.05, 0.1) is 10.6 Å². The van der Waals surface area contributed by atoms with Crippen LogP contribution in [0, 0.1) is 5.82 Å². The summed E-state index contributed by atoms with van der Waals surface area (Å²) < 4.78 is 41.6. The zero-order valence-electron chi connectivity index (χ0n) is 17.7. The second-order valence-corrected chi connectivity index (χ2v) is 9.27. The van der Waals surface area contributed by atoms with E-state index in [-0.39, 0.29) is 23.2 Å². The molecule has 0 atom stereocenters. The number of nitrogens with zero attached hydrogens (tertiary/aromatic N) is 2. The maximum absolute atomic E-state index is 13.9. The summed E-state index contributed by atoms with van der Waals surface area (Å²) in [7, 11) is -3.63. The van der Waals surface area contributed by atoms with Crippen LogP contribution in [0.15, 0.2) is 53.4 Å². The molecule has 1 aliphatic rings. The Kier molecular flexibility index (Phi) is 8.00. The van der Waals surface area contributed by atoms with Gasteiger partial charge in [-0.3, -0.25) is 9.69 Å². The van der Waals surface area contributed by atoms with Crippen molar-refractivity contribution in [2.24, 2.45) is 0 Å². The van der Waals surface area contributed by atoms with Crippen molar-refractivity contribution in [2.45, 2.75) is 24.7 Å². The number of sulfonamides is 1. The number of hydrogen-bond acceptors (Lipinski definition) is 5. The molecule has 1 saturated heterocycles. The highest BCUT2D eigenvalue weighted by molar-refractivity contribution is 7.89. The Morgan fingerprint density at radius 1 is 1.03 bits per heavy atom. The van der Waals surface area contributed by atoms with E-state index in [2.05, 4.69) is 14.9 Å². The fraction of sp³-hybridized carbons (Fsp3) is 0.409. The molecule has 168 valence electrons. The van der Waals surface area contributed by atoms with Gasteiger partial charge in [0, 0.05) is 51.4 Å². The Balaban J connectivity index is 1.45. The Morgan fingerprint density at radius 3 is 2.35 bits per heavy atom. The van der Waals surface area contributed by atoms with Crippen LogP contribution in [0.3, 0.4) is 0 Å². The Morgan fingerprint density at radius 2 is 1.71 bits per heavy atom. The van der Waals surface area contributed by atoms with Gasteiger partial charge in [0.15, 0.2) is 0 Å². The number of amides is 1. The quantitative estimate of drug-likeness (QED) is 0.616. The van der Waals surface area contributed by atoms with Crippen molar-refractivity contribution in [3.63, 3.8) is 0 Å². The number of anilines is 2. The van der Waals surface area contributed by atoms with Crippen LogP contribution in [0.25, 0.3) is 0 Å². The first-order valence-corrected chi connectivity index (χ1v) is 12.0. The van der Waals surface area contributed by atoms with Crippen LogP contribution in [0.4, 0.5) is 15.8 Å². The normalized spacial score (nSPS) is 15.1. The maximum atomic E-state index is 13.9. The largest absolute Gasteiger partial charge is 0.367 e. The van der Waals surface area contributed by atoms with E-state index in [4.69, 9.17) is 0 Å². The highest BCUT2D eigenvalue weighted by Gasteiger charge is 2.20. The third-order valence-electron chi connectivity index (χ3n) is 5.21.